The first kappa shape index (κ1) is 18.5. The Morgan fingerprint density at radius 2 is 1.86 bits per heavy atom. The molecule has 1 aromatic heterocycles. The second kappa shape index (κ2) is 8.47. The lowest BCUT2D eigenvalue weighted by molar-refractivity contribution is -0.143. The Kier molecular flexibility index (Phi) is 5.61. The van der Waals surface area contributed by atoms with Crippen LogP contribution in [0.4, 0.5) is 0 Å². The van der Waals surface area contributed by atoms with Gasteiger partial charge in [0.2, 0.25) is 11.8 Å². The predicted octanol–water partition coefficient (Wildman–Crippen LogP) is 0.00850. The predicted molar refractivity (Wildman–Crippen MR) is 101 cm³/mol. The van der Waals surface area contributed by atoms with Gasteiger partial charge in [-0.2, -0.15) is 0 Å². The molecule has 3 heterocycles. The summed E-state index contributed by atoms with van der Waals surface area (Å²) < 4.78 is 1.43. The van der Waals surface area contributed by atoms with Crippen molar-refractivity contribution in [3.8, 4) is 0 Å². The number of carbonyl (C=O) groups is 2. The van der Waals surface area contributed by atoms with Gasteiger partial charge in [0.1, 0.15) is 12.9 Å². The number of likely N-dealkylation sites (tertiary alicyclic amines) is 1. The molecule has 0 spiro atoms. The lowest BCUT2D eigenvalue weighted by Crippen LogP contribution is -2.58. The SMILES string of the molecule is O=C(Cn1cnnn1)N1CCN([C@H]2CCCN(Cc3ccccc3)C2=O)CC1. The van der Waals surface area contributed by atoms with Crippen LogP contribution in [0.5, 0.6) is 0 Å². The molecule has 2 aliphatic heterocycles. The van der Waals surface area contributed by atoms with Crippen LogP contribution in [0.15, 0.2) is 36.7 Å². The number of carbonyl (C=O) groups excluding carboxylic acids is 2. The highest BCUT2D eigenvalue weighted by molar-refractivity contribution is 5.82. The zero-order chi connectivity index (χ0) is 19.3. The van der Waals surface area contributed by atoms with Crippen LogP contribution in [0.1, 0.15) is 18.4 Å². The zero-order valence-electron chi connectivity index (χ0n) is 15.9. The third-order valence-electron chi connectivity index (χ3n) is 5.52. The molecular weight excluding hydrogens is 358 g/mol. The maximum absolute atomic E-state index is 13.0. The van der Waals surface area contributed by atoms with E-state index in [4.69, 9.17) is 0 Å². The molecule has 2 fully saturated rings. The number of tetrazole rings is 1. The minimum absolute atomic E-state index is 0.00706. The van der Waals surface area contributed by atoms with Gasteiger partial charge < -0.3 is 9.80 Å². The van der Waals surface area contributed by atoms with E-state index in [1.807, 2.05) is 28.0 Å². The molecule has 0 saturated carbocycles. The van der Waals surface area contributed by atoms with Gasteiger partial charge in [-0.15, -0.1) is 5.10 Å². The number of hydrogen-bond donors (Lipinski definition) is 0. The maximum Gasteiger partial charge on any atom is 0.244 e. The van der Waals surface area contributed by atoms with Crippen molar-refractivity contribution < 1.29 is 9.59 Å². The fraction of sp³-hybridized carbons (Fsp3) is 0.526. The Balaban J connectivity index is 1.31. The largest absolute Gasteiger partial charge is 0.339 e. The van der Waals surface area contributed by atoms with E-state index in [1.54, 1.807) is 0 Å². The van der Waals surface area contributed by atoms with Crippen molar-refractivity contribution in [2.75, 3.05) is 32.7 Å². The fourth-order valence-electron chi connectivity index (χ4n) is 3.99. The van der Waals surface area contributed by atoms with E-state index >= 15 is 0 Å². The number of hydrogen-bond acceptors (Lipinski definition) is 6. The third kappa shape index (κ3) is 4.19. The zero-order valence-corrected chi connectivity index (χ0v) is 15.9. The molecule has 0 radical (unpaired) electrons. The molecule has 2 aliphatic rings. The van der Waals surface area contributed by atoms with E-state index in [2.05, 4.69) is 32.6 Å². The van der Waals surface area contributed by atoms with Crippen LogP contribution in [0.3, 0.4) is 0 Å². The topological polar surface area (TPSA) is 87.5 Å². The van der Waals surface area contributed by atoms with Gasteiger partial charge in [-0.05, 0) is 28.8 Å². The molecule has 2 aromatic rings. The highest BCUT2D eigenvalue weighted by atomic mass is 16.2. The van der Waals surface area contributed by atoms with Gasteiger partial charge in [0.05, 0.1) is 6.04 Å². The van der Waals surface area contributed by atoms with E-state index in [1.165, 1.54) is 11.0 Å². The molecule has 0 bridgehead atoms. The smallest absolute Gasteiger partial charge is 0.244 e. The van der Waals surface area contributed by atoms with Crippen LogP contribution in [-0.2, 0) is 22.7 Å². The fourth-order valence-corrected chi connectivity index (χ4v) is 3.99. The second-order valence-corrected chi connectivity index (χ2v) is 7.33. The van der Waals surface area contributed by atoms with Gasteiger partial charge in [0.15, 0.2) is 0 Å². The molecule has 9 nitrogen and oxygen atoms in total. The van der Waals surface area contributed by atoms with Gasteiger partial charge >= 0.3 is 0 Å². The number of rotatable bonds is 5. The molecule has 1 aromatic carbocycles. The molecule has 0 N–H and O–H groups in total. The lowest BCUT2D eigenvalue weighted by atomic mass is 10.0. The number of piperidine rings is 1. The molecule has 0 unspecified atom stereocenters. The Hall–Kier alpha value is -2.81. The minimum atomic E-state index is -0.0748. The van der Waals surface area contributed by atoms with Crippen LogP contribution >= 0.6 is 0 Å². The normalized spacial score (nSPS) is 21.1. The van der Waals surface area contributed by atoms with Crippen LogP contribution < -0.4 is 0 Å². The van der Waals surface area contributed by atoms with Crippen molar-refractivity contribution in [2.45, 2.75) is 32.0 Å². The number of amides is 2. The lowest BCUT2D eigenvalue weighted by Gasteiger charge is -2.42. The van der Waals surface area contributed by atoms with Crippen LogP contribution in [0, 0.1) is 0 Å². The van der Waals surface area contributed by atoms with Gasteiger partial charge in [0.25, 0.3) is 0 Å². The molecule has 1 atom stereocenters. The Morgan fingerprint density at radius 3 is 2.57 bits per heavy atom. The molecule has 4 rings (SSSR count). The molecule has 2 amide bonds. The van der Waals surface area contributed by atoms with Crippen LogP contribution in [0.2, 0.25) is 0 Å². The highest BCUT2D eigenvalue weighted by Crippen LogP contribution is 2.21. The van der Waals surface area contributed by atoms with Crippen molar-refractivity contribution in [1.82, 2.24) is 34.9 Å². The quantitative estimate of drug-likeness (QED) is 0.723. The molecule has 2 saturated heterocycles. The number of piperazine rings is 1. The van der Waals surface area contributed by atoms with E-state index in [0.717, 1.165) is 38.0 Å². The minimum Gasteiger partial charge on any atom is -0.339 e. The molecule has 0 aliphatic carbocycles. The van der Waals surface area contributed by atoms with Gasteiger partial charge in [-0.1, -0.05) is 30.3 Å². The van der Waals surface area contributed by atoms with E-state index in [-0.39, 0.29) is 24.4 Å². The molecule has 148 valence electrons. The van der Waals surface area contributed by atoms with Gasteiger partial charge in [0, 0.05) is 39.3 Å². The summed E-state index contributed by atoms with van der Waals surface area (Å²) in [6, 6.07) is 10.1. The number of benzene rings is 1. The third-order valence-corrected chi connectivity index (χ3v) is 5.52. The van der Waals surface area contributed by atoms with Crippen molar-refractivity contribution in [3.05, 3.63) is 42.2 Å². The number of nitrogens with zero attached hydrogens (tertiary/aromatic N) is 7. The van der Waals surface area contributed by atoms with Crippen molar-refractivity contribution in [3.63, 3.8) is 0 Å². The first-order chi connectivity index (χ1) is 13.7. The van der Waals surface area contributed by atoms with Crippen molar-refractivity contribution in [1.29, 1.82) is 0 Å². The average Bonchev–Trinajstić information content (AvgIpc) is 3.24. The highest BCUT2D eigenvalue weighted by Gasteiger charge is 2.35. The van der Waals surface area contributed by atoms with Crippen molar-refractivity contribution in [2.24, 2.45) is 0 Å². The summed E-state index contributed by atoms with van der Waals surface area (Å²) in [7, 11) is 0. The summed E-state index contributed by atoms with van der Waals surface area (Å²) in [6.07, 6.45) is 3.35. The first-order valence-electron chi connectivity index (χ1n) is 9.76. The average molecular weight is 383 g/mol. The standard InChI is InChI=1S/C19H25N7O2/c27-18(14-26-15-20-21-22-26)24-11-9-23(10-12-24)17-7-4-8-25(19(17)28)13-16-5-2-1-3-6-16/h1-3,5-6,15,17H,4,7-14H2/t17-/m0/s1. The summed E-state index contributed by atoms with van der Waals surface area (Å²) in [4.78, 5) is 31.5. The summed E-state index contributed by atoms with van der Waals surface area (Å²) in [5, 5.41) is 10.8. The van der Waals surface area contributed by atoms with E-state index < -0.39 is 0 Å². The maximum atomic E-state index is 13.0. The monoisotopic (exact) mass is 383 g/mol. The Bertz CT molecular complexity index is 788. The summed E-state index contributed by atoms with van der Waals surface area (Å²) in [6.45, 7) is 4.33. The van der Waals surface area contributed by atoms with Crippen molar-refractivity contribution >= 4 is 11.8 Å². The first-order valence-corrected chi connectivity index (χ1v) is 9.76. The van der Waals surface area contributed by atoms with Crippen LogP contribution in [0.25, 0.3) is 0 Å². The number of aromatic nitrogens is 4. The summed E-state index contributed by atoms with van der Waals surface area (Å²) in [5.74, 6) is 0.219. The Labute approximate surface area is 163 Å². The van der Waals surface area contributed by atoms with E-state index in [0.29, 0.717) is 19.6 Å². The molecular formula is C19H25N7O2. The van der Waals surface area contributed by atoms with Gasteiger partial charge in [-0.25, -0.2) is 4.68 Å². The summed E-state index contributed by atoms with van der Waals surface area (Å²) >= 11 is 0. The Morgan fingerprint density at radius 1 is 1.07 bits per heavy atom. The van der Waals surface area contributed by atoms with Gasteiger partial charge in [-0.3, -0.25) is 14.5 Å². The van der Waals surface area contributed by atoms with E-state index in [9.17, 15) is 9.59 Å². The molecule has 9 heteroatoms. The summed E-state index contributed by atoms with van der Waals surface area (Å²) in [5.41, 5.74) is 1.16. The molecule has 28 heavy (non-hydrogen) atoms. The van der Waals surface area contributed by atoms with Crippen LogP contribution in [-0.4, -0.2) is 85.5 Å². The second-order valence-electron chi connectivity index (χ2n) is 7.33.